The van der Waals surface area contributed by atoms with Gasteiger partial charge in [-0.1, -0.05) is 20.8 Å². The van der Waals surface area contributed by atoms with Crippen LogP contribution >= 0.6 is 0 Å². The Hall–Kier alpha value is -0.710. The lowest BCUT2D eigenvalue weighted by molar-refractivity contribution is -0.191. The molecule has 0 radical (unpaired) electrons. The highest BCUT2D eigenvalue weighted by Gasteiger charge is 2.64. The van der Waals surface area contributed by atoms with E-state index in [9.17, 15) is 20.1 Å². The summed E-state index contributed by atoms with van der Waals surface area (Å²) >= 11 is 0. The first kappa shape index (κ1) is 14.7. The van der Waals surface area contributed by atoms with Gasteiger partial charge in [0.2, 0.25) is 0 Å². The van der Waals surface area contributed by atoms with E-state index in [4.69, 9.17) is 0 Å². The monoisotopic (exact) mass is 268 g/mol. The maximum Gasteiger partial charge on any atom is 0.160 e. The van der Waals surface area contributed by atoms with Crippen LogP contribution in [0.2, 0.25) is 0 Å². The van der Waals surface area contributed by atoms with Gasteiger partial charge < -0.3 is 15.3 Å². The minimum absolute atomic E-state index is 0.0538. The van der Waals surface area contributed by atoms with Gasteiger partial charge in [-0.05, 0) is 31.4 Å². The van der Waals surface area contributed by atoms with E-state index in [0.717, 1.165) is 0 Å². The van der Waals surface area contributed by atoms with E-state index in [-0.39, 0.29) is 5.78 Å². The Morgan fingerprint density at radius 2 is 1.95 bits per heavy atom. The molecule has 0 bridgehead atoms. The summed E-state index contributed by atoms with van der Waals surface area (Å²) in [5, 5.41) is 30.8. The second-order valence-corrected chi connectivity index (χ2v) is 6.97. The molecule has 2 aliphatic rings. The zero-order valence-corrected chi connectivity index (χ0v) is 12.1. The summed E-state index contributed by atoms with van der Waals surface area (Å²) in [6, 6.07) is 0. The molecule has 0 amide bonds. The predicted octanol–water partition coefficient (Wildman–Crippen LogP) is 1.04. The Balaban J connectivity index is 2.63. The minimum atomic E-state index is -1.39. The van der Waals surface area contributed by atoms with Crippen LogP contribution in [-0.4, -0.2) is 39.4 Å². The van der Waals surface area contributed by atoms with E-state index in [0.29, 0.717) is 18.4 Å². The highest BCUT2D eigenvalue weighted by Crippen LogP contribution is 2.59. The molecule has 4 nitrogen and oxygen atoms in total. The van der Waals surface area contributed by atoms with Gasteiger partial charge in [-0.15, -0.1) is 0 Å². The number of aliphatic hydroxyl groups is 3. The number of aliphatic hydroxyl groups excluding tert-OH is 2. The number of carbonyl (C=O) groups excluding carboxylic acids is 1. The molecule has 3 N–H and O–H groups in total. The Kier molecular flexibility index (Phi) is 3.20. The molecule has 1 saturated carbocycles. The average Bonchev–Trinajstić information content (AvgIpc) is 2.31. The number of rotatable bonds is 1. The van der Waals surface area contributed by atoms with Crippen LogP contribution in [0.5, 0.6) is 0 Å². The highest BCUT2D eigenvalue weighted by atomic mass is 16.3. The lowest BCUT2D eigenvalue weighted by Gasteiger charge is -2.59. The third kappa shape index (κ3) is 1.66. The summed E-state index contributed by atoms with van der Waals surface area (Å²) in [5.74, 6) is -0.536. The lowest BCUT2D eigenvalue weighted by Crippen LogP contribution is -2.65. The summed E-state index contributed by atoms with van der Waals surface area (Å²) in [4.78, 5) is 12.4. The first-order valence-electron chi connectivity index (χ1n) is 6.85. The maximum absolute atomic E-state index is 12.4. The summed E-state index contributed by atoms with van der Waals surface area (Å²) in [5.41, 5.74) is -2.21. The first-order chi connectivity index (χ1) is 8.61. The van der Waals surface area contributed by atoms with Crippen molar-refractivity contribution >= 4 is 5.78 Å². The molecule has 0 saturated heterocycles. The van der Waals surface area contributed by atoms with Crippen molar-refractivity contribution in [3.8, 4) is 0 Å². The van der Waals surface area contributed by atoms with E-state index in [2.05, 4.69) is 0 Å². The Morgan fingerprint density at radius 1 is 1.37 bits per heavy atom. The molecule has 0 aromatic rings. The summed E-state index contributed by atoms with van der Waals surface area (Å²) in [7, 11) is 0. The molecule has 4 atom stereocenters. The van der Waals surface area contributed by atoms with Crippen LogP contribution in [-0.2, 0) is 4.79 Å². The second-order valence-electron chi connectivity index (χ2n) is 6.97. The molecule has 0 aliphatic heterocycles. The number of hydrogen-bond donors (Lipinski definition) is 3. The van der Waals surface area contributed by atoms with Gasteiger partial charge in [-0.2, -0.15) is 0 Å². The van der Waals surface area contributed by atoms with Gasteiger partial charge in [-0.3, -0.25) is 4.79 Å². The molecule has 1 fully saturated rings. The van der Waals surface area contributed by atoms with E-state index in [1.54, 1.807) is 6.92 Å². The van der Waals surface area contributed by atoms with Crippen molar-refractivity contribution in [3.05, 3.63) is 11.6 Å². The van der Waals surface area contributed by atoms with E-state index >= 15 is 0 Å². The van der Waals surface area contributed by atoms with Gasteiger partial charge in [-0.25, -0.2) is 0 Å². The van der Waals surface area contributed by atoms with E-state index in [1.807, 2.05) is 20.8 Å². The van der Waals surface area contributed by atoms with Gasteiger partial charge in [0.05, 0.1) is 12.7 Å². The third-order valence-electron chi connectivity index (χ3n) is 5.65. The third-order valence-corrected chi connectivity index (χ3v) is 5.65. The molecule has 108 valence electrons. The predicted molar refractivity (Wildman–Crippen MR) is 71.4 cm³/mol. The van der Waals surface area contributed by atoms with Crippen molar-refractivity contribution in [2.75, 3.05) is 6.61 Å². The van der Waals surface area contributed by atoms with Crippen LogP contribution in [0.15, 0.2) is 11.6 Å². The van der Waals surface area contributed by atoms with E-state index in [1.165, 1.54) is 6.08 Å². The summed E-state index contributed by atoms with van der Waals surface area (Å²) in [6.07, 6.45) is 1.92. The van der Waals surface area contributed by atoms with Gasteiger partial charge in [0.15, 0.2) is 5.78 Å². The normalized spacial score (nSPS) is 45.6. The fraction of sp³-hybridized carbons (Fsp3) is 0.800. The molecule has 2 aliphatic carbocycles. The average molecular weight is 268 g/mol. The molecular weight excluding hydrogens is 244 g/mol. The van der Waals surface area contributed by atoms with Crippen LogP contribution in [0.4, 0.5) is 0 Å². The molecule has 0 aromatic heterocycles. The second kappa shape index (κ2) is 4.14. The molecule has 19 heavy (non-hydrogen) atoms. The smallest absolute Gasteiger partial charge is 0.160 e. The fourth-order valence-electron chi connectivity index (χ4n) is 4.26. The SMILES string of the molecule is CC1=CC(=O)[C@H]2C(C)(C)[C@@H](O)CC[C@@]2(C)[C@@]1(O)CO. The van der Waals surface area contributed by atoms with Crippen molar-refractivity contribution in [1.82, 2.24) is 0 Å². The zero-order valence-electron chi connectivity index (χ0n) is 12.1. The highest BCUT2D eigenvalue weighted by molar-refractivity contribution is 5.95. The van der Waals surface area contributed by atoms with Crippen LogP contribution in [0.1, 0.15) is 40.5 Å². The van der Waals surface area contributed by atoms with Gasteiger partial charge >= 0.3 is 0 Å². The standard InChI is InChI=1S/C15H24O4/c1-9-7-10(17)12-13(2,3)11(18)5-6-14(12,4)15(9,19)8-16/h7,11-12,16,18-19H,5-6,8H2,1-4H3/t11-,12-,14+,15+/m0/s1. The molecule has 0 heterocycles. The molecule has 2 rings (SSSR count). The van der Waals surface area contributed by atoms with Gasteiger partial charge in [0.1, 0.15) is 5.60 Å². The van der Waals surface area contributed by atoms with Crippen LogP contribution in [0, 0.1) is 16.7 Å². The number of allylic oxidation sites excluding steroid dienone is 1. The van der Waals surface area contributed by atoms with Crippen molar-refractivity contribution in [2.45, 2.75) is 52.2 Å². The van der Waals surface area contributed by atoms with Gasteiger partial charge in [0, 0.05) is 16.7 Å². The minimum Gasteiger partial charge on any atom is -0.393 e. The fourth-order valence-corrected chi connectivity index (χ4v) is 4.26. The lowest BCUT2D eigenvalue weighted by atomic mass is 9.46. The molecule has 4 heteroatoms. The Labute approximate surface area is 114 Å². The first-order valence-corrected chi connectivity index (χ1v) is 6.85. The number of ketones is 1. The van der Waals surface area contributed by atoms with Crippen LogP contribution in [0.25, 0.3) is 0 Å². The maximum atomic E-state index is 12.4. The van der Waals surface area contributed by atoms with Crippen molar-refractivity contribution in [3.63, 3.8) is 0 Å². The zero-order chi connectivity index (χ0) is 14.6. The van der Waals surface area contributed by atoms with Crippen molar-refractivity contribution in [1.29, 1.82) is 0 Å². The Bertz CT molecular complexity index is 439. The number of fused-ring (bicyclic) bond motifs is 1. The van der Waals surface area contributed by atoms with Crippen LogP contribution in [0.3, 0.4) is 0 Å². The molecule has 0 unspecified atom stereocenters. The molecule has 0 spiro atoms. The Morgan fingerprint density at radius 3 is 2.47 bits per heavy atom. The molecule has 0 aromatic carbocycles. The van der Waals surface area contributed by atoms with Crippen molar-refractivity contribution in [2.24, 2.45) is 16.7 Å². The van der Waals surface area contributed by atoms with Crippen LogP contribution < -0.4 is 0 Å². The quantitative estimate of drug-likeness (QED) is 0.664. The topological polar surface area (TPSA) is 77.8 Å². The molecular formula is C15H24O4. The summed E-state index contributed by atoms with van der Waals surface area (Å²) in [6.45, 7) is 6.87. The number of hydrogen-bond acceptors (Lipinski definition) is 4. The van der Waals surface area contributed by atoms with Crippen molar-refractivity contribution < 1.29 is 20.1 Å². The number of carbonyl (C=O) groups is 1. The van der Waals surface area contributed by atoms with Gasteiger partial charge in [0.25, 0.3) is 0 Å². The summed E-state index contributed by atoms with van der Waals surface area (Å²) < 4.78 is 0. The van der Waals surface area contributed by atoms with E-state index < -0.39 is 35.1 Å². The largest absolute Gasteiger partial charge is 0.393 e.